The Hall–Kier alpha value is -2.44. The lowest BCUT2D eigenvalue weighted by Crippen LogP contribution is -2.53. The Labute approximate surface area is 200 Å². The van der Waals surface area contributed by atoms with Crippen molar-refractivity contribution in [3.8, 4) is 22.6 Å². The molecule has 3 fully saturated rings. The fourth-order valence-electron chi connectivity index (χ4n) is 5.33. The van der Waals surface area contributed by atoms with E-state index >= 15 is 0 Å². The summed E-state index contributed by atoms with van der Waals surface area (Å²) in [5, 5.41) is 3.72. The maximum Gasteiger partial charge on any atom is 0.407 e. The molecule has 0 radical (unpaired) electrons. The summed E-state index contributed by atoms with van der Waals surface area (Å²) < 4.78 is 17.4. The van der Waals surface area contributed by atoms with E-state index in [-0.39, 0.29) is 23.7 Å². The first-order chi connectivity index (χ1) is 15.9. The molecule has 2 bridgehead atoms. The van der Waals surface area contributed by atoms with Crippen LogP contribution in [0.25, 0.3) is 11.1 Å². The van der Waals surface area contributed by atoms with Crippen molar-refractivity contribution in [1.29, 1.82) is 0 Å². The average molecular weight is 471 g/mol. The summed E-state index contributed by atoms with van der Waals surface area (Å²) in [6.07, 6.45) is 1.85. The minimum Gasteiger partial charge on any atom is -0.495 e. The van der Waals surface area contributed by atoms with Gasteiger partial charge in [-0.15, -0.1) is 0 Å². The van der Waals surface area contributed by atoms with Gasteiger partial charge in [-0.3, -0.25) is 4.90 Å². The quantitative estimate of drug-likeness (QED) is 0.657. The molecule has 4 heterocycles. The van der Waals surface area contributed by atoms with Gasteiger partial charge in [-0.2, -0.15) is 0 Å². The third-order valence-corrected chi connectivity index (χ3v) is 7.71. The van der Waals surface area contributed by atoms with Gasteiger partial charge >= 0.3 is 6.09 Å². The molecule has 1 unspecified atom stereocenters. The predicted molar refractivity (Wildman–Crippen MR) is 128 cm³/mol. The van der Waals surface area contributed by atoms with Gasteiger partial charge in [0.1, 0.15) is 17.6 Å². The molecule has 2 atom stereocenters. The molecular formula is C26H31ClN2O4. The highest BCUT2D eigenvalue weighted by molar-refractivity contribution is 6.34. The Kier molecular flexibility index (Phi) is 5.91. The van der Waals surface area contributed by atoms with Crippen LogP contribution < -0.4 is 14.8 Å². The van der Waals surface area contributed by atoms with Crippen LogP contribution in [0.15, 0.2) is 36.4 Å². The van der Waals surface area contributed by atoms with E-state index in [0.29, 0.717) is 23.3 Å². The first-order valence-corrected chi connectivity index (χ1v) is 12.0. The number of nitrogens with one attached hydrogen (secondary N) is 1. The van der Waals surface area contributed by atoms with Crippen molar-refractivity contribution >= 4 is 17.7 Å². The lowest BCUT2D eigenvalue weighted by atomic mass is 9.78. The van der Waals surface area contributed by atoms with E-state index in [1.807, 2.05) is 36.4 Å². The van der Waals surface area contributed by atoms with Crippen molar-refractivity contribution in [3.05, 3.63) is 47.0 Å². The van der Waals surface area contributed by atoms with Gasteiger partial charge < -0.3 is 19.5 Å². The van der Waals surface area contributed by atoms with Crippen molar-refractivity contribution in [1.82, 2.24) is 10.2 Å². The number of carbonyl (C=O) groups excluding carboxylic acids is 1. The van der Waals surface area contributed by atoms with Crippen molar-refractivity contribution in [2.75, 3.05) is 33.4 Å². The predicted octanol–water partition coefficient (Wildman–Crippen LogP) is 5.30. The molecule has 3 saturated heterocycles. The monoisotopic (exact) mass is 470 g/mol. The van der Waals surface area contributed by atoms with Crippen molar-refractivity contribution in [2.24, 2.45) is 11.3 Å². The summed E-state index contributed by atoms with van der Waals surface area (Å²) in [7, 11) is 1.61. The molecule has 6 rings (SSSR count). The van der Waals surface area contributed by atoms with E-state index in [9.17, 15) is 4.79 Å². The highest BCUT2D eigenvalue weighted by Crippen LogP contribution is 2.45. The molecule has 0 saturated carbocycles. The number of amides is 1. The van der Waals surface area contributed by atoms with Crippen molar-refractivity contribution < 1.29 is 19.0 Å². The Morgan fingerprint density at radius 1 is 1.21 bits per heavy atom. The molecule has 2 aromatic rings. The molecule has 6 nitrogen and oxygen atoms in total. The zero-order valence-corrected chi connectivity index (χ0v) is 20.2. The van der Waals surface area contributed by atoms with Gasteiger partial charge in [0.15, 0.2) is 0 Å². The zero-order chi connectivity index (χ0) is 23.2. The van der Waals surface area contributed by atoms with Crippen LogP contribution in [0.3, 0.4) is 0 Å². The Morgan fingerprint density at radius 2 is 2.00 bits per heavy atom. The van der Waals surface area contributed by atoms with Crippen LogP contribution in [0.4, 0.5) is 4.79 Å². The summed E-state index contributed by atoms with van der Waals surface area (Å²) in [6.45, 7) is 7.76. The summed E-state index contributed by atoms with van der Waals surface area (Å²) in [5.41, 5.74) is 2.47. The smallest absolute Gasteiger partial charge is 0.407 e. The zero-order valence-electron chi connectivity index (χ0n) is 19.4. The Morgan fingerprint density at radius 3 is 2.70 bits per heavy atom. The third kappa shape index (κ3) is 4.26. The summed E-state index contributed by atoms with van der Waals surface area (Å²) >= 11 is 6.55. The summed E-state index contributed by atoms with van der Waals surface area (Å²) in [5.74, 6) is 1.86. The molecule has 1 amide bonds. The number of methoxy groups -OCH3 is 1. The van der Waals surface area contributed by atoms with Crippen LogP contribution in [0.2, 0.25) is 5.02 Å². The number of alkyl carbamates (subject to hydrolysis) is 1. The van der Waals surface area contributed by atoms with E-state index in [2.05, 4.69) is 24.1 Å². The molecule has 1 N–H and O–H groups in total. The molecule has 176 valence electrons. The standard InChI is InChI=1S/C26H31ClN2O4/c1-26(2)15-32-21-13-17(18-5-4-6-20(31-3)23(18)27)7-8-19(21)24(26)28-25(30)33-22-14-29-11-9-16(22)10-12-29/h4-8,13,16,22,24H,9-12,14-15H2,1-3H3,(H,28,30)/t22-,24?/m1/s1. The topological polar surface area (TPSA) is 60.0 Å². The first-order valence-electron chi connectivity index (χ1n) is 11.6. The van der Waals surface area contributed by atoms with Crippen LogP contribution in [0.5, 0.6) is 11.5 Å². The number of piperidine rings is 3. The lowest BCUT2D eigenvalue weighted by molar-refractivity contribution is -0.0361. The minimum atomic E-state index is -0.348. The highest BCUT2D eigenvalue weighted by atomic mass is 35.5. The van der Waals surface area contributed by atoms with Gasteiger partial charge in [0.25, 0.3) is 0 Å². The summed E-state index contributed by atoms with van der Waals surface area (Å²) in [6, 6.07) is 11.5. The number of ether oxygens (including phenoxy) is 3. The second-order valence-electron chi connectivity index (χ2n) is 10.0. The third-order valence-electron chi connectivity index (χ3n) is 7.32. The second kappa shape index (κ2) is 8.73. The van der Waals surface area contributed by atoms with Crippen LogP contribution in [0, 0.1) is 11.3 Å². The molecule has 4 aliphatic heterocycles. The van der Waals surface area contributed by atoms with Crippen LogP contribution in [-0.4, -0.2) is 50.4 Å². The number of nitrogens with zero attached hydrogens (tertiary/aromatic N) is 1. The summed E-state index contributed by atoms with van der Waals surface area (Å²) in [4.78, 5) is 15.3. The maximum atomic E-state index is 12.9. The van der Waals surface area contributed by atoms with Crippen molar-refractivity contribution in [3.63, 3.8) is 0 Å². The van der Waals surface area contributed by atoms with Gasteiger partial charge in [-0.25, -0.2) is 4.79 Å². The number of benzene rings is 2. The maximum absolute atomic E-state index is 12.9. The van der Waals surface area contributed by atoms with Gasteiger partial charge in [0.05, 0.1) is 24.8 Å². The van der Waals surface area contributed by atoms with E-state index < -0.39 is 0 Å². The average Bonchev–Trinajstić information content (AvgIpc) is 2.82. The van der Waals surface area contributed by atoms with Crippen LogP contribution >= 0.6 is 11.6 Å². The normalized spacial score (nSPS) is 27.3. The molecule has 0 spiro atoms. The molecule has 0 aliphatic carbocycles. The number of rotatable bonds is 4. The number of hydrogen-bond donors (Lipinski definition) is 1. The fourth-order valence-corrected chi connectivity index (χ4v) is 5.64. The number of carbonyl (C=O) groups is 1. The lowest BCUT2D eigenvalue weighted by Gasteiger charge is -2.44. The van der Waals surface area contributed by atoms with Gasteiger partial charge in [-0.1, -0.05) is 49.7 Å². The molecule has 2 aromatic carbocycles. The van der Waals surface area contributed by atoms with Crippen molar-refractivity contribution in [2.45, 2.75) is 38.8 Å². The molecule has 7 heteroatoms. The fraction of sp³-hybridized carbons (Fsp3) is 0.500. The van der Waals surface area contributed by atoms with Crippen LogP contribution in [-0.2, 0) is 4.74 Å². The van der Waals surface area contributed by atoms with Gasteiger partial charge in [-0.05, 0) is 49.5 Å². The SMILES string of the molecule is COc1cccc(-c2ccc3c(c2)OCC(C)(C)C3NC(=O)O[C@@H]2CN3CCC2CC3)c1Cl. The van der Waals surface area contributed by atoms with E-state index in [1.54, 1.807) is 7.11 Å². The Balaban J connectivity index is 1.37. The first kappa shape index (κ1) is 22.4. The number of halogens is 1. The molecule has 33 heavy (non-hydrogen) atoms. The van der Waals surface area contributed by atoms with E-state index in [0.717, 1.165) is 54.9 Å². The van der Waals surface area contributed by atoms with E-state index in [4.69, 9.17) is 25.8 Å². The number of hydrogen-bond acceptors (Lipinski definition) is 5. The largest absolute Gasteiger partial charge is 0.495 e. The molecular weight excluding hydrogens is 440 g/mol. The Bertz CT molecular complexity index is 1050. The second-order valence-corrected chi connectivity index (χ2v) is 10.4. The van der Waals surface area contributed by atoms with E-state index in [1.165, 1.54) is 0 Å². The minimum absolute atomic E-state index is 0.0208. The van der Waals surface area contributed by atoms with Gasteiger partial charge in [0, 0.05) is 23.1 Å². The molecule has 4 aliphatic rings. The molecule has 0 aromatic heterocycles. The number of fused-ring (bicyclic) bond motifs is 4. The van der Waals surface area contributed by atoms with Gasteiger partial charge in [0.2, 0.25) is 0 Å². The highest BCUT2D eigenvalue weighted by Gasteiger charge is 2.41. The van der Waals surface area contributed by atoms with Crippen LogP contribution in [0.1, 0.15) is 38.3 Å².